The second kappa shape index (κ2) is 8.12. The van der Waals surface area contributed by atoms with E-state index in [0.717, 1.165) is 32.5 Å². The molecule has 2 nitrogen and oxygen atoms in total. The molecule has 0 saturated carbocycles. The first-order chi connectivity index (χ1) is 7.17. The van der Waals surface area contributed by atoms with Gasteiger partial charge in [0.05, 0.1) is 0 Å². The van der Waals surface area contributed by atoms with Gasteiger partial charge in [0.25, 0.3) is 0 Å². The smallest absolute Gasteiger partial charge is 0.0499 e. The fourth-order valence-corrected chi connectivity index (χ4v) is 2.08. The van der Waals surface area contributed by atoms with Crippen LogP contribution in [0, 0.1) is 5.41 Å². The molecule has 0 aliphatic carbocycles. The van der Waals surface area contributed by atoms with Gasteiger partial charge in [-0.2, -0.15) is 0 Å². The van der Waals surface area contributed by atoms with Crippen molar-refractivity contribution in [3.63, 3.8) is 0 Å². The van der Waals surface area contributed by atoms with E-state index in [1.165, 1.54) is 12.8 Å². The van der Waals surface area contributed by atoms with E-state index in [2.05, 4.69) is 32.6 Å². The maximum atomic E-state index is 9.62. The van der Waals surface area contributed by atoms with Crippen molar-refractivity contribution in [2.45, 2.75) is 53.4 Å². The summed E-state index contributed by atoms with van der Waals surface area (Å²) in [5, 5.41) is 9.62. The fourth-order valence-electron chi connectivity index (χ4n) is 2.08. The van der Waals surface area contributed by atoms with Gasteiger partial charge in [-0.1, -0.05) is 40.5 Å². The summed E-state index contributed by atoms with van der Waals surface area (Å²) in [4.78, 5) is 2.43. The minimum absolute atomic E-state index is 0.141. The zero-order valence-corrected chi connectivity index (χ0v) is 11.1. The number of hydrogen-bond acceptors (Lipinski definition) is 2. The van der Waals surface area contributed by atoms with Gasteiger partial charge < -0.3 is 10.0 Å². The number of hydrogen-bond donors (Lipinski definition) is 1. The minimum atomic E-state index is 0.141. The van der Waals surface area contributed by atoms with E-state index < -0.39 is 0 Å². The van der Waals surface area contributed by atoms with Crippen LogP contribution in [0.15, 0.2) is 0 Å². The predicted octanol–water partition coefficient (Wildman–Crippen LogP) is 2.91. The molecule has 0 rings (SSSR count). The maximum absolute atomic E-state index is 9.62. The lowest BCUT2D eigenvalue weighted by Gasteiger charge is -2.36. The third-order valence-corrected chi connectivity index (χ3v) is 3.60. The lowest BCUT2D eigenvalue weighted by atomic mass is 9.80. The topological polar surface area (TPSA) is 23.5 Å². The molecule has 0 bridgehead atoms. The van der Waals surface area contributed by atoms with E-state index in [1.54, 1.807) is 0 Å². The van der Waals surface area contributed by atoms with E-state index in [0.29, 0.717) is 6.61 Å². The van der Waals surface area contributed by atoms with Gasteiger partial charge in [0.1, 0.15) is 0 Å². The summed E-state index contributed by atoms with van der Waals surface area (Å²) >= 11 is 0. The van der Waals surface area contributed by atoms with Crippen molar-refractivity contribution in [1.29, 1.82) is 0 Å². The standard InChI is InChI=1S/C13H29NO/c1-5-9-10-13(6-2,12-15)11-14(7-3)8-4/h15H,5-12H2,1-4H3. The van der Waals surface area contributed by atoms with Crippen molar-refractivity contribution in [1.82, 2.24) is 4.90 Å². The lowest BCUT2D eigenvalue weighted by molar-refractivity contribution is 0.0635. The molecule has 0 spiro atoms. The first-order valence-electron chi connectivity index (χ1n) is 6.51. The van der Waals surface area contributed by atoms with Gasteiger partial charge in [0.15, 0.2) is 0 Å². The molecule has 0 aromatic carbocycles. The van der Waals surface area contributed by atoms with Crippen LogP contribution in [0.2, 0.25) is 0 Å². The first kappa shape index (κ1) is 14.9. The molecular formula is C13H29NO. The molecule has 15 heavy (non-hydrogen) atoms. The molecule has 1 atom stereocenters. The highest BCUT2D eigenvalue weighted by Crippen LogP contribution is 2.29. The highest BCUT2D eigenvalue weighted by atomic mass is 16.3. The summed E-state index contributed by atoms with van der Waals surface area (Å²) in [7, 11) is 0. The molecule has 1 unspecified atom stereocenters. The molecule has 2 heteroatoms. The van der Waals surface area contributed by atoms with Gasteiger partial charge in [0.2, 0.25) is 0 Å². The summed E-state index contributed by atoms with van der Waals surface area (Å²) in [6.45, 7) is 12.4. The third-order valence-electron chi connectivity index (χ3n) is 3.60. The molecule has 1 N–H and O–H groups in total. The van der Waals surface area contributed by atoms with Crippen molar-refractivity contribution in [2.24, 2.45) is 5.41 Å². The van der Waals surface area contributed by atoms with Gasteiger partial charge in [0, 0.05) is 18.6 Å². The van der Waals surface area contributed by atoms with Crippen molar-refractivity contribution in [3.8, 4) is 0 Å². The Hall–Kier alpha value is -0.0800. The summed E-state index contributed by atoms with van der Waals surface area (Å²) in [6, 6.07) is 0. The Labute approximate surface area is 95.7 Å². The van der Waals surface area contributed by atoms with E-state index in [4.69, 9.17) is 0 Å². The Morgan fingerprint density at radius 1 is 1.07 bits per heavy atom. The van der Waals surface area contributed by atoms with E-state index in [-0.39, 0.29) is 5.41 Å². The summed E-state index contributed by atoms with van der Waals surface area (Å²) in [6.07, 6.45) is 4.70. The quantitative estimate of drug-likeness (QED) is 0.639. The van der Waals surface area contributed by atoms with Gasteiger partial charge in [-0.25, -0.2) is 0 Å². The number of aliphatic hydroxyl groups is 1. The first-order valence-corrected chi connectivity index (χ1v) is 6.51. The molecule has 92 valence electrons. The van der Waals surface area contributed by atoms with Crippen LogP contribution in [0.5, 0.6) is 0 Å². The van der Waals surface area contributed by atoms with Crippen LogP contribution in [0.1, 0.15) is 53.4 Å². The summed E-state index contributed by atoms with van der Waals surface area (Å²) in [5.41, 5.74) is 0.141. The number of unbranched alkanes of at least 4 members (excludes halogenated alkanes) is 1. The minimum Gasteiger partial charge on any atom is -0.396 e. The predicted molar refractivity (Wildman–Crippen MR) is 67.1 cm³/mol. The van der Waals surface area contributed by atoms with Crippen LogP contribution < -0.4 is 0 Å². The number of aliphatic hydroxyl groups excluding tert-OH is 1. The van der Waals surface area contributed by atoms with E-state index in [1.807, 2.05) is 0 Å². The van der Waals surface area contributed by atoms with Gasteiger partial charge in [-0.3, -0.25) is 0 Å². The van der Waals surface area contributed by atoms with Crippen LogP contribution in [0.25, 0.3) is 0 Å². The van der Waals surface area contributed by atoms with Crippen molar-refractivity contribution < 1.29 is 5.11 Å². The van der Waals surface area contributed by atoms with Gasteiger partial charge in [-0.15, -0.1) is 0 Å². The van der Waals surface area contributed by atoms with Crippen molar-refractivity contribution >= 4 is 0 Å². The van der Waals surface area contributed by atoms with Gasteiger partial charge >= 0.3 is 0 Å². The highest BCUT2D eigenvalue weighted by molar-refractivity contribution is 4.80. The van der Waals surface area contributed by atoms with Crippen LogP contribution in [0.3, 0.4) is 0 Å². The lowest BCUT2D eigenvalue weighted by Crippen LogP contribution is -2.40. The third kappa shape index (κ3) is 4.98. The average Bonchev–Trinajstić information content (AvgIpc) is 2.30. The zero-order valence-electron chi connectivity index (χ0n) is 11.1. The summed E-state index contributed by atoms with van der Waals surface area (Å²) in [5.74, 6) is 0. The Bertz CT molecular complexity index is 139. The van der Waals surface area contributed by atoms with Crippen LogP contribution in [-0.2, 0) is 0 Å². The van der Waals surface area contributed by atoms with Gasteiger partial charge in [-0.05, 0) is 25.9 Å². The zero-order chi connectivity index (χ0) is 11.7. The molecule has 0 radical (unpaired) electrons. The Morgan fingerprint density at radius 3 is 2.00 bits per heavy atom. The van der Waals surface area contributed by atoms with Crippen molar-refractivity contribution in [3.05, 3.63) is 0 Å². The SMILES string of the molecule is CCCCC(CC)(CO)CN(CC)CC. The fraction of sp³-hybridized carbons (Fsp3) is 1.00. The second-order valence-electron chi connectivity index (χ2n) is 4.58. The summed E-state index contributed by atoms with van der Waals surface area (Å²) < 4.78 is 0. The molecule has 0 amide bonds. The number of rotatable bonds is 9. The van der Waals surface area contributed by atoms with Crippen LogP contribution in [0.4, 0.5) is 0 Å². The molecule has 0 saturated heterocycles. The number of nitrogens with zero attached hydrogens (tertiary/aromatic N) is 1. The Morgan fingerprint density at radius 2 is 1.67 bits per heavy atom. The normalized spacial score (nSPS) is 15.6. The Kier molecular flexibility index (Phi) is 8.07. The monoisotopic (exact) mass is 215 g/mol. The molecule has 0 aliphatic rings. The largest absolute Gasteiger partial charge is 0.396 e. The van der Waals surface area contributed by atoms with Crippen molar-refractivity contribution in [2.75, 3.05) is 26.2 Å². The maximum Gasteiger partial charge on any atom is 0.0499 e. The van der Waals surface area contributed by atoms with Crippen LogP contribution >= 0.6 is 0 Å². The molecule has 0 heterocycles. The molecule has 0 aromatic rings. The second-order valence-corrected chi connectivity index (χ2v) is 4.58. The molecule has 0 aromatic heterocycles. The van der Waals surface area contributed by atoms with E-state index >= 15 is 0 Å². The Balaban J connectivity index is 4.32. The molecular weight excluding hydrogens is 186 g/mol. The highest BCUT2D eigenvalue weighted by Gasteiger charge is 2.28. The van der Waals surface area contributed by atoms with Crippen LogP contribution in [-0.4, -0.2) is 36.2 Å². The van der Waals surface area contributed by atoms with E-state index in [9.17, 15) is 5.11 Å². The average molecular weight is 215 g/mol. The molecule has 0 fully saturated rings. The molecule has 0 aliphatic heterocycles.